The molecule has 1 atom stereocenters. The molecule has 34 heavy (non-hydrogen) atoms. The summed E-state index contributed by atoms with van der Waals surface area (Å²) in [6, 6.07) is 25.6. The van der Waals surface area contributed by atoms with Crippen LogP contribution in [0, 0.1) is 0 Å². The molecule has 8 heteroatoms. The van der Waals surface area contributed by atoms with Crippen molar-refractivity contribution in [2.75, 3.05) is 20.3 Å². The van der Waals surface area contributed by atoms with E-state index in [4.69, 9.17) is 4.74 Å². The molecular weight excluding hydrogens is 430 g/mol. The topological polar surface area (TPSA) is 89.4 Å². The molecule has 0 aliphatic rings. The number of carbonyl (C=O) groups excluding carboxylic acids is 2. The Morgan fingerprint density at radius 3 is 2.38 bits per heavy atom. The molecule has 0 saturated carbocycles. The summed E-state index contributed by atoms with van der Waals surface area (Å²) in [6.45, 7) is 0.955. The molecular formula is C26H27N5O3. The van der Waals surface area contributed by atoms with Gasteiger partial charge in [-0.3, -0.25) is 9.59 Å². The van der Waals surface area contributed by atoms with Crippen molar-refractivity contribution in [2.24, 2.45) is 0 Å². The molecule has 174 valence electrons. The number of methoxy groups -OCH3 is 1. The zero-order valence-corrected chi connectivity index (χ0v) is 19.0. The van der Waals surface area contributed by atoms with E-state index in [9.17, 15) is 9.59 Å². The predicted octanol–water partition coefficient (Wildman–Crippen LogP) is 2.96. The minimum absolute atomic E-state index is 0.0397. The summed E-state index contributed by atoms with van der Waals surface area (Å²) in [5.41, 5.74) is 3.12. The van der Waals surface area contributed by atoms with Gasteiger partial charge >= 0.3 is 0 Å². The molecule has 8 nitrogen and oxygen atoms in total. The molecule has 1 heterocycles. The third-order valence-electron chi connectivity index (χ3n) is 5.50. The number of benzene rings is 3. The lowest BCUT2D eigenvalue weighted by Crippen LogP contribution is -2.45. The highest BCUT2D eigenvalue weighted by atomic mass is 16.5. The first kappa shape index (κ1) is 23.1. The van der Waals surface area contributed by atoms with Crippen molar-refractivity contribution < 1.29 is 14.3 Å². The van der Waals surface area contributed by atoms with Crippen molar-refractivity contribution in [3.8, 4) is 0 Å². The normalized spacial score (nSPS) is 11.8. The first-order valence-corrected chi connectivity index (χ1v) is 11.1. The van der Waals surface area contributed by atoms with Gasteiger partial charge < -0.3 is 15.0 Å². The van der Waals surface area contributed by atoms with Gasteiger partial charge in [0, 0.05) is 20.2 Å². The first-order valence-electron chi connectivity index (χ1n) is 11.1. The smallest absolute Gasteiger partial charge is 0.247 e. The average Bonchev–Trinajstić information content (AvgIpc) is 3.28. The van der Waals surface area contributed by atoms with Crippen LogP contribution in [0.4, 0.5) is 0 Å². The van der Waals surface area contributed by atoms with E-state index in [2.05, 4.69) is 15.6 Å². The van der Waals surface area contributed by atoms with Crippen LogP contribution >= 0.6 is 0 Å². The summed E-state index contributed by atoms with van der Waals surface area (Å²) in [5.74, 6) is -0.508. The van der Waals surface area contributed by atoms with Gasteiger partial charge in [0.1, 0.15) is 18.1 Å². The maximum Gasteiger partial charge on any atom is 0.247 e. The molecule has 1 aromatic heterocycles. The molecule has 0 saturated heterocycles. The predicted molar refractivity (Wildman–Crippen MR) is 129 cm³/mol. The van der Waals surface area contributed by atoms with Gasteiger partial charge in [-0.1, -0.05) is 78.0 Å². The van der Waals surface area contributed by atoms with Crippen molar-refractivity contribution in [3.63, 3.8) is 0 Å². The van der Waals surface area contributed by atoms with E-state index >= 15 is 0 Å². The molecule has 1 N–H and O–H groups in total. The van der Waals surface area contributed by atoms with E-state index in [1.54, 1.807) is 16.7 Å². The van der Waals surface area contributed by atoms with Crippen LogP contribution < -0.4 is 5.32 Å². The summed E-state index contributed by atoms with van der Waals surface area (Å²) < 4.78 is 6.65. The maximum absolute atomic E-state index is 13.7. The largest absolute Gasteiger partial charge is 0.383 e. The fraction of sp³-hybridized carbons (Fsp3) is 0.231. The highest BCUT2D eigenvalue weighted by Crippen LogP contribution is 2.24. The Morgan fingerprint density at radius 1 is 0.971 bits per heavy atom. The number of hydrogen-bond donors (Lipinski definition) is 1. The van der Waals surface area contributed by atoms with Crippen LogP contribution in [0.25, 0.3) is 11.0 Å². The summed E-state index contributed by atoms with van der Waals surface area (Å²) in [7, 11) is 1.58. The first-order chi connectivity index (χ1) is 16.7. The Bertz CT molecular complexity index is 1230. The molecule has 0 unspecified atom stereocenters. The zero-order valence-electron chi connectivity index (χ0n) is 19.0. The van der Waals surface area contributed by atoms with Gasteiger partial charge in [-0.25, -0.2) is 4.68 Å². The number of para-hydroxylation sites is 1. The Hall–Kier alpha value is -4.04. The summed E-state index contributed by atoms with van der Waals surface area (Å²) in [5, 5.41) is 11.2. The Kier molecular flexibility index (Phi) is 7.62. The standard InChI is InChI=1S/C26H27N5O3/c1-34-17-16-27-26(33)25(21-12-6-3-7-13-21)30(18-20-10-4-2-5-11-20)24(32)19-31-23-15-9-8-14-22(23)28-29-31/h2-15,25H,16-19H2,1H3,(H,27,33)/t25-/m1/s1. The number of nitrogens with zero attached hydrogens (tertiary/aromatic N) is 4. The number of amides is 2. The van der Waals surface area contributed by atoms with E-state index in [-0.39, 0.29) is 24.9 Å². The van der Waals surface area contributed by atoms with E-state index in [0.717, 1.165) is 16.6 Å². The third-order valence-corrected chi connectivity index (χ3v) is 5.50. The van der Waals surface area contributed by atoms with Gasteiger partial charge in [-0.2, -0.15) is 0 Å². The van der Waals surface area contributed by atoms with Crippen LogP contribution in [0.2, 0.25) is 0 Å². The van der Waals surface area contributed by atoms with E-state index in [1.807, 2.05) is 84.9 Å². The maximum atomic E-state index is 13.7. The number of carbonyl (C=O) groups is 2. The van der Waals surface area contributed by atoms with Gasteiger partial charge in [0.05, 0.1) is 12.1 Å². The minimum Gasteiger partial charge on any atom is -0.383 e. The molecule has 0 bridgehead atoms. The van der Waals surface area contributed by atoms with Crippen molar-refractivity contribution >= 4 is 22.8 Å². The van der Waals surface area contributed by atoms with E-state index < -0.39 is 6.04 Å². The van der Waals surface area contributed by atoms with Crippen molar-refractivity contribution in [1.82, 2.24) is 25.2 Å². The highest BCUT2D eigenvalue weighted by molar-refractivity contribution is 5.89. The van der Waals surface area contributed by atoms with Crippen LogP contribution in [-0.2, 0) is 27.4 Å². The lowest BCUT2D eigenvalue weighted by atomic mass is 10.0. The van der Waals surface area contributed by atoms with Crippen LogP contribution in [0.3, 0.4) is 0 Å². The molecule has 0 fully saturated rings. The molecule has 0 aliphatic heterocycles. The lowest BCUT2D eigenvalue weighted by Gasteiger charge is -2.31. The number of hydrogen-bond acceptors (Lipinski definition) is 5. The van der Waals surface area contributed by atoms with Gasteiger partial charge in [-0.05, 0) is 23.3 Å². The van der Waals surface area contributed by atoms with Gasteiger partial charge in [-0.15, -0.1) is 5.10 Å². The Labute approximate surface area is 198 Å². The second-order valence-electron chi connectivity index (χ2n) is 7.84. The number of rotatable bonds is 10. The molecule has 3 aromatic carbocycles. The van der Waals surface area contributed by atoms with Gasteiger partial charge in [0.25, 0.3) is 0 Å². The number of ether oxygens (including phenoxy) is 1. The van der Waals surface area contributed by atoms with E-state index in [0.29, 0.717) is 18.7 Å². The van der Waals surface area contributed by atoms with Crippen LogP contribution in [0.15, 0.2) is 84.9 Å². The average molecular weight is 458 g/mol. The van der Waals surface area contributed by atoms with Gasteiger partial charge in [0.15, 0.2) is 0 Å². The third kappa shape index (κ3) is 5.47. The summed E-state index contributed by atoms with van der Waals surface area (Å²) in [4.78, 5) is 28.7. The van der Waals surface area contributed by atoms with Crippen molar-refractivity contribution in [1.29, 1.82) is 0 Å². The molecule has 4 rings (SSSR count). The molecule has 4 aromatic rings. The Morgan fingerprint density at radius 2 is 1.65 bits per heavy atom. The lowest BCUT2D eigenvalue weighted by molar-refractivity contribution is -0.142. The highest BCUT2D eigenvalue weighted by Gasteiger charge is 2.31. The molecule has 2 amide bonds. The van der Waals surface area contributed by atoms with Crippen molar-refractivity contribution in [2.45, 2.75) is 19.1 Å². The summed E-state index contributed by atoms with van der Waals surface area (Å²) >= 11 is 0. The number of aromatic nitrogens is 3. The minimum atomic E-state index is -0.819. The summed E-state index contributed by atoms with van der Waals surface area (Å²) in [6.07, 6.45) is 0. The monoisotopic (exact) mass is 457 g/mol. The van der Waals surface area contributed by atoms with Crippen LogP contribution in [0.1, 0.15) is 17.2 Å². The molecule has 0 spiro atoms. The van der Waals surface area contributed by atoms with Crippen LogP contribution in [0.5, 0.6) is 0 Å². The number of fused-ring (bicyclic) bond motifs is 1. The quantitative estimate of drug-likeness (QED) is 0.370. The fourth-order valence-corrected chi connectivity index (χ4v) is 3.84. The van der Waals surface area contributed by atoms with Gasteiger partial charge in [0.2, 0.25) is 11.8 Å². The number of nitrogens with one attached hydrogen (secondary N) is 1. The molecule has 0 radical (unpaired) electrons. The second-order valence-corrected chi connectivity index (χ2v) is 7.84. The van der Waals surface area contributed by atoms with Crippen molar-refractivity contribution in [3.05, 3.63) is 96.1 Å². The zero-order chi connectivity index (χ0) is 23.8. The van der Waals surface area contributed by atoms with E-state index in [1.165, 1.54) is 0 Å². The second kappa shape index (κ2) is 11.2. The fourth-order valence-electron chi connectivity index (χ4n) is 3.84. The SMILES string of the molecule is COCCNC(=O)[C@@H](c1ccccc1)N(Cc1ccccc1)C(=O)Cn1nnc2ccccc21. The van der Waals surface area contributed by atoms with Crippen LogP contribution in [-0.4, -0.2) is 52.0 Å². The Balaban J connectivity index is 1.69. The molecule has 0 aliphatic carbocycles.